The van der Waals surface area contributed by atoms with Crippen molar-refractivity contribution in [2.45, 2.75) is 6.42 Å². The minimum atomic E-state index is -0.122. The van der Waals surface area contributed by atoms with E-state index in [-0.39, 0.29) is 5.91 Å². The van der Waals surface area contributed by atoms with Gasteiger partial charge in [0, 0.05) is 3.57 Å². The number of nitrogens with one attached hydrogen (secondary N) is 1. The Kier molecular flexibility index (Phi) is 5.02. The van der Waals surface area contributed by atoms with Gasteiger partial charge in [-0.05, 0) is 56.6 Å². The van der Waals surface area contributed by atoms with Crippen molar-refractivity contribution in [3.05, 3.63) is 81.4 Å². The monoisotopic (exact) mass is 414 g/mol. The molecule has 0 atom stereocenters. The van der Waals surface area contributed by atoms with E-state index in [0.717, 1.165) is 25.5 Å². The van der Waals surface area contributed by atoms with Gasteiger partial charge in [-0.1, -0.05) is 54.6 Å². The molecule has 23 heavy (non-hydrogen) atoms. The molecular formula is C19H15IN2O. The van der Waals surface area contributed by atoms with Gasteiger partial charge in [-0.15, -0.1) is 0 Å². The number of hydrogen-bond acceptors (Lipinski definition) is 2. The van der Waals surface area contributed by atoms with Crippen molar-refractivity contribution in [1.82, 2.24) is 5.43 Å². The molecule has 0 bridgehead atoms. The number of hydrazone groups is 1. The number of carbonyl (C=O) groups excluding carboxylic acids is 1. The Morgan fingerprint density at radius 3 is 2.70 bits per heavy atom. The fourth-order valence-electron chi connectivity index (χ4n) is 2.42. The molecule has 0 unspecified atom stereocenters. The third-order valence-electron chi connectivity index (χ3n) is 3.48. The lowest BCUT2D eigenvalue weighted by atomic mass is 10.0. The first-order valence-electron chi connectivity index (χ1n) is 7.26. The number of nitrogens with zero attached hydrogens (tertiary/aromatic N) is 1. The summed E-state index contributed by atoms with van der Waals surface area (Å²) in [5, 5.41) is 6.27. The molecule has 3 rings (SSSR count). The van der Waals surface area contributed by atoms with Crippen LogP contribution in [0, 0.1) is 3.57 Å². The van der Waals surface area contributed by atoms with Gasteiger partial charge in [-0.25, -0.2) is 5.43 Å². The summed E-state index contributed by atoms with van der Waals surface area (Å²) >= 11 is 2.24. The molecule has 0 saturated heterocycles. The smallest absolute Gasteiger partial charge is 0.244 e. The maximum Gasteiger partial charge on any atom is 0.244 e. The quantitative estimate of drug-likeness (QED) is 0.389. The molecule has 0 heterocycles. The highest BCUT2D eigenvalue weighted by Crippen LogP contribution is 2.18. The van der Waals surface area contributed by atoms with E-state index in [9.17, 15) is 4.79 Å². The fourth-order valence-corrected chi connectivity index (χ4v) is 2.99. The van der Waals surface area contributed by atoms with Crippen LogP contribution in [0.1, 0.15) is 11.1 Å². The first-order valence-corrected chi connectivity index (χ1v) is 8.34. The fraction of sp³-hybridized carbons (Fsp3) is 0.0526. The Hall–Kier alpha value is -2.21. The normalized spacial score (nSPS) is 11.0. The molecule has 0 radical (unpaired) electrons. The van der Waals surface area contributed by atoms with Crippen LogP contribution in [0.4, 0.5) is 0 Å². The molecule has 1 N–H and O–H groups in total. The summed E-state index contributed by atoms with van der Waals surface area (Å²) in [5.74, 6) is -0.122. The van der Waals surface area contributed by atoms with Crippen molar-refractivity contribution < 1.29 is 4.79 Å². The van der Waals surface area contributed by atoms with Crippen LogP contribution < -0.4 is 5.43 Å². The molecule has 114 valence electrons. The van der Waals surface area contributed by atoms with Crippen molar-refractivity contribution in [1.29, 1.82) is 0 Å². The van der Waals surface area contributed by atoms with E-state index < -0.39 is 0 Å². The Morgan fingerprint density at radius 2 is 1.83 bits per heavy atom. The second kappa shape index (κ2) is 7.37. The molecular weight excluding hydrogens is 399 g/mol. The Morgan fingerprint density at radius 1 is 1.04 bits per heavy atom. The van der Waals surface area contributed by atoms with Crippen LogP contribution in [0.5, 0.6) is 0 Å². The largest absolute Gasteiger partial charge is 0.273 e. The lowest BCUT2D eigenvalue weighted by Crippen LogP contribution is -2.19. The van der Waals surface area contributed by atoms with Gasteiger partial charge in [-0.2, -0.15) is 5.10 Å². The topological polar surface area (TPSA) is 41.5 Å². The third-order valence-corrected chi connectivity index (χ3v) is 4.15. The summed E-state index contributed by atoms with van der Waals surface area (Å²) in [6.45, 7) is 0. The Labute approximate surface area is 148 Å². The van der Waals surface area contributed by atoms with Gasteiger partial charge in [0.2, 0.25) is 5.91 Å². The zero-order chi connectivity index (χ0) is 16.1. The van der Waals surface area contributed by atoms with Crippen molar-refractivity contribution in [3.63, 3.8) is 0 Å². The number of carbonyl (C=O) groups is 1. The minimum absolute atomic E-state index is 0.122. The number of hydrogen-bond donors (Lipinski definition) is 1. The van der Waals surface area contributed by atoms with E-state index in [4.69, 9.17) is 0 Å². The summed E-state index contributed by atoms with van der Waals surface area (Å²) in [6, 6.07) is 22.0. The summed E-state index contributed by atoms with van der Waals surface area (Å²) in [7, 11) is 0. The second-order valence-electron chi connectivity index (χ2n) is 5.16. The van der Waals surface area contributed by atoms with E-state index in [1.807, 2.05) is 66.7 Å². The third kappa shape index (κ3) is 4.16. The highest BCUT2D eigenvalue weighted by molar-refractivity contribution is 14.1. The number of rotatable bonds is 4. The summed E-state index contributed by atoms with van der Waals surface area (Å²) < 4.78 is 1.13. The molecule has 3 aromatic rings. The average molecular weight is 414 g/mol. The van der Waals surface area contributed by atoms with E-state index in [0.29, 0.717) is 6.42 Å². The number of fused-ring (bicyclic) bond motifs is 1. The van der Waals surface area contributed by atoms with Crippen LogP contribution in [0.25, 0.3) is 10.8 Å². The zero-order valence-corrected chi connectivity index (χ0v) is 14.5. The van der Waals surface area contributed by atoms with E-state index in [1.165, 1.54) is 0 Å². The molecule has 0 aromatic heterocycles. The maximum atomic E-state index is 12.1. The van der Waals surface area contributed by atoms with Crippen molar-refractivity contribution in [3.8, 4) is 0 Å². The molecule has 0 aliphatic heterocycles. The van der Waals surface area contributed by atoms with Gasteiger partial charge in [-0.3, -0.25) is 4.79 Å². The first-order chi connectivity index (χ1) is 11.2. The average Bonchev–Trinajstić information content (AvgIpc) is 2.55. The molecule has 1 amide bonds. The van der Waals surface area contributed by atoms with Gasteiger partial charge in [0.1, 0.15) is 0 Å². The van der Waals surface area contributed by atoms with Crippen LogP contribution >= 0.6 is 22.6 Å². The van der Waals surface area contributed by atoms with Crippen LogP contribution in [-0.4, -0.2) is 12.1 Å². The number of halogens is 1. The van der Waals surface area contributed by atoms with Gasteiger partial charge in [0.05, 0.1) is 12.6 Å². The van der Waals surface area contributed by atoms with Crippen molar-refractivity contribution in [2.24, 2.45) is 5.10 Å². The van der Waals surface area contributed by atoms with Gasteiger partial charge < -0.3 is 0 Å². The van der Waals surface area contributed by atoms with Crippen molar-refractivity contribution >= 4 is 45.5 Å². The molecule has 0 spiro atoms. The van der Waals surface area contributed by atoms with E-state index >= 15 is 0 Å². The molecule has 0 aliphatic rings. The highest BCUT2D eigenvalue weighted by atomic mass is 127. The first kappa shape index (κ1) is 15.7. The highest BCUT2D eigenvalue weighted by Gasteiger charge is 2.05. The van der Waals surface area contributed by atoms with Crippen LogP contribution in [0.3, 0.4) is 0 Å². The second-order valence-corrected chi connectivity index (χ2v) is 6.41. The standard InChI is InChI=1S/C19H15IN2O/c20-17-9-3-5-14(11-17)13-21-22-19(23)12-16-8-4-7-15-6-1-2-10-18(15)16/h1-11,13H,12H2,(H,22,23)/b21-13-. The molecule has 0 saturated carbocycles. The SMILES string of the molecule is O=C(Cc1cccc2ccccc12)N/N=C\c1cccc(I)c1. The predicted molar refractivity (Wildman–Crippen MR) is 103 cm³/mol. The molecule has 0 fully saturated rings. The molecule has 3 aromatic carbocycles. The summed E-state index contributed by atoms with van der Waals surface area (Å²) in [5.41, 5.74) is 4.56. The zero-order valence-electron chi connectivity index (χ0n) is 12.4. The summed E-state index contributed by atoms with van der Waals surface area (Å²) in [6.07, 6.45) is 1.97. The lowest BCUT2D eigenvalue weighted by Gasteiger charge is -2.05. The molecule has 0 aliphatic carbocycles. The van der Waals surface area contributed by atoms with E-state index in [1.54, 1.807) is 6.21 Å². The lowest BCUT2D eigenvalue weighted by molar-refractivity contribution is -0.120. The van der Waals surface area contributed by atoms with Gasteiger partial charge in [0.15, 0.2) is 0 Å². The summed E-state index contributed by atoms with van der Waals surface area (Å²) in [4.78, 5) is 12.1. The number of amides is 1. The van der Waals surface area contributed by atoms with Crippen LogP contribution in [0.15, 0.2) is 71.8 Å². The van der Waals surface area contributed by atoms with Crippen molar-refractivity contribution in [2.75, 3.05) is 0 Å². The van der Waals surface area contributed by atoms with Crippen LogP contribution in [0.2, 0.25) is 0 Å². The Bertz CT molecular complexity index is 869. The van der Waals surface area contributed by atoms with Crippen LogP contribution in [-0.2, 0) is 11.2 Å². The minimum Gasteiger partial charge on any atom is -0.273 e. The predicted octanol–water partition coefficient (Wildman–Crippen LogP) is 4.14. The Balaban J connectivity index is 1.67. The number of benzene rings is 3. The van der Waals surface area contributed by atoms with Gasteiger partial charge in [0.25, 0.3) is 0 Å². The maximum absolute atomic E-state index is 12.1. The van der Waals surface area contributed by atoms with Gasteiger partial charge >= 0.3 is 0 Å². The molecule has 3 nitrogen and oxygen atoms in total. The van der Waals surface area contributed by atoms with E-state index in [2.05, 4.69) is 33.1 Å². The molecule has 4 heteroatoms.